The van der Waals surface area contributed by atoms with Gasteiger partial charge >= 0.3 is 5.97 Å². The van der Waals surface area contributed by atoms with Gasteiger partial charge in [-0.3, -0.25) is 4.79 Å². The van der Waals surface area contributed by atoms with E-state index in [-0.39, 0.29) is 11.3 Å². The maximum Gasteiger partial charge on any atom is 0.342 e. The summed E-state index contributed by atoms with van der Waals surface area (Å²) in [5.41, 5.74) is 0.187. The number of hydrogen-bond acceptors (Lipinski definition) is 6. The summed E-state index contributed by atoms with van der Waals surface area (Å²) >= 11 is 0. The summed E-state index contributed by atoms with van der Waals surface area (Å²) in [5, 5.41) is 2.61. The van der Waals surface area contributed by atoms with E-state index in [4.69, 9.17) is 18.9 Å². The van der Waals surface area contributed by atoms with Crippen molar-refractivity contribution in [2.24, 2.45) is 0 Å². The summed E-state index contributed by atoms with van der Waals surface area (Å²) in [6, 6.07) is 14.1. The lowest BCUT2D eigenvalue weighted by Crippen LogP contribution is -2.32. The van der Waals surface area contributed by atoms with Gasteiger partial charge in [0.1, 0.15) is 17.9 Å². The zero-order valence-electron chi connectivity index (χ0n) is 14.7. The molecule has 0 fully saturated rings. The fourth-order valence-electron chi connectivity index (χ4n) is 2.18. The fraction of sp³-hybridized carbons (Fsp3) is 0.263. The Morgan fingerprint density at radius 2 is 1.73 bits per heavy atom. The van der Waals surface area contributed by atoms with Gasteiger partial charge in [-0.25, -0.2) is 4.79 Å². The molecular formula is C19H21NO6. The Morgan fingerprint density at radius 3 is 2.42 bits per heavy atom. The van der Waals surface area contributed by atoms with Crippen molar-refractivity contribution in [1.82, 2.24) is 5.32 Å². The Labute approximate surface area is 151 Å². The van der Waals surface area contributed by atoms with Gasteiger partial charge in [0.05, 0.1) is 20.8 Å². The van der Waals surface area contributed by atoms with Crippen molar-refractivity contribution in [3.05, 3.63) is 54.1 Å². The molecule has 7 heteroatoms. The van der Waals surface area contributed by atoms with Crippen molar-refractivity contribution in [3.63, 3.8) is 0 Å². The summed E-state index contributed by atoms with van der Waals surface area (Å²) in [7, 11) is 2.89. The first-order valence-corrected chi connectivity index (χ1v) is 7.98. The van der Waals surface area contributed by atoms with Crippen molar-refractivity contribution >= 4 is 11.9 Å². The van der Waals surface area contributed by atoms with Gasteiger partial charge in [0, 0.05) is 0 Å². The van der Waals surface area contributed by atoms with E-state index in [0.29, 0.717) is 18.9 Å². The molecule has 1 amide bonds. The number of para-hydroxylation sites is 2. The highest BCUT2D eigenvalue weighted by Gasteiger charge is 2.18. The van der Waals surface area contributed by atoms with E-state index in [2.05, 4.69) is 5.32 Å². The SMILES string of the molecule is COc1cccc(C(=O)OCC(=O)NCCOc2ccccc2)c1OC. The Hall–Kier alpha value is -3.22. The fourth-order valence-corrected chi connectivity index (χ4v) is 2.18. The molecule has 2 aromatic carbocycles. The van der Waals surface area contributed by atoms with Gasteiger partial charge in [-0.05, 0) is 24.3 Å². The van der Waals surface area contributed by atoms with E-state index in [1.165, 1.54) is 20.3 Å². The lowest BCUT2D eigenvalue weighted by molar-refractivity contribution is -0.124. The third-order valence-corrected chi connectivity index (χ3v) is 3.39. The van der Waals surface area contributed by atoms with Gasteiger partial charge in [0.2, 0.25) is 0 Å². The average molecular weight is 359 g/mol. The molecule has 1 N–H and O–H groups in total. The molecule has 0 aliphatic rings. The molecular weight excluding hydrogens is 338 g/mol. The number of hydrogen-bond donors (Lipinski definition) is 1. The molecule has 0 unspecified atom stereocenters. The van der Waals surface area contributed by atoms with Gasteiger partial charge in [-0.2, -0.15) is 0 Å². The van der Waals surface area contributed by atoms with Gasteiger partial charge in [0.15, 0.2) is 18.1 Å². The van der Waals surface area contributed by atoms with Crippen molar-refractivity contribution in [2.45, 2.75) is 0 Å². The topological polar surface area (TPSA) is 83.1 Å². The first-order valence-electron chi connectivity index (χ1n) is 7.98. The number of carbonyl (C=O) groups is 2. The van der Waals surface area contributed by atoms with Crippen molar-refractivity contribution in [2.75, 3.05) is 34.0 Å². The van der Waals surface area contributed by atoms with E-state index >= 15 is 0 Å². The Bertz CT molecular complexity index is 732. The number of ether oxygens (including phenoxy) is 4. The summed E-state index contributed by atoms with van der Waals surface area (Å²) in [6.07, 6.45) is 0. The Kier molecular flexibility index (Phi) is 7.30. The second kappa shape index (κ2) is 9.93. The third-order valence-electron chi connectivity index (χ3n) is 3.39. The molecule has 0 aliphatic carbocycles. The molecule has 0 spiro atoms. The number of carbonyl (C=O) groups excluding carboxylic acids is 2. The molecule has 2 aromatic rings. The van der Waals surface area contributed by atoms with Crippen LogP contribution in [0.15, 0.2) is 48.5 Å². The molecule has 0 heterocycles. The molecule has 0 bridgehead atoms. The van der Waals surface area contributed by atoms with Gasteiger partial charge in [-0.15, -0.1) is 0 Å². The molecule has 0 aromatic heterocycles. The number of methoxy groups -OCH3 is 2. The van der Waals surface area contributed by atoms with Crippen LogP contribution in [-0.4, -0.2) is 45.9 Å². The van der Waals surface area contributed by atoms with E-state index < -0.39 is 18.5 Å². The Morgan fingerprint density at radius 1 is 0.962 bits per heavy atom. The summed E-state index contributed by atoms with van der Waals surface area (Å²) in [4.78, 5) is 23.9. The quantitative estimate of drug-likeness (QED) is 0.545. The first kappa shape index (κ1) is 19.1. The number of nitrogens with one attached hydrogen (secondary N) is 1. The van der Waals surface area contributed by atoms with E-state index in [1.807, 2.05) is 30.3 Å². The molecule has 0 aliphatic heterocycles. The molecule has 26 heavy (non-hydrogen) atoms. The summed E-state index contributed by atoms with van der Waals surface area (Å²) in [6.45, 7) is 0.214. The average Bonchev–Trinajstić information content (AvgIpc) is 2.69. The van der Waals surface area contributed by atoms with Crippen LogP contribution in [0, 0.1) is 0 Å². The van der Waals surface area contributed by atoms with Crippen molar-refractivity contribution < 1.29 is 28.5 Å². The van der Waals surface area contributed by atoms with E-state index in [1.54, 1.807) is 12.1 Å². The van der Waals surface area contributed by atoms with E-state index in [9.17, 15) is 9.59 Å². The second-order valence-corrected chi connectivity index (χ2v) is 5.13. The predicted molar refractivity (Wildman–Crippen MR) is 94.8 cm³/mol. The molecule has 0 radical (unpaired) electrons. The highest BCUT2D eigenvalue weighted by atomic mass is 16.5. The molecule has 0 saturated carbocycles. The van der Waals surface area contributed by atoms with Gasteiger partial charge < -0.3 is 24.3 Å². The molecule has 138 valence electrons. The number of rotatable bonds is 9. The zero-order valence-corrected chi connectivity index (χ0v) is 14.7. The minimum Gasteiger partial charge on any atom is -0.493 e. The van der Waals surface area contributed by atoms with Crippen LogP contribution in [0.4, 0.5) is 0 Å². The Balaban J connectivity index is 1.76. The van der Waals surface area contributed by atoms with Crippen LogP contribution in [0.2, 0.25) is 0 Å². The lowest BCUT2D eigenvalue weighted by Gasteiger charge is -2.12. The van der Waals surface area contributed by atoms with Crippen LogP contribution < -0.4 is 19.5 Å². The molecule has 7 nitrogen and oxygen atoms in total. The lowest BCUT2D eigenvalue weighted by atomic mass is 10.2. The van der Waals surface area contributed by atoms with Gasteiger partial charge in [-0.1, -0.05) is 24.3 Å². The number of benzene rings is 2. The second-order valence-electron chi connectivity index (χ2n) is 5.13. The van der Waals surface area contributed by atoms with Crippen molar-refractivity contribution in [3.8, 4) is 17.2 Å². The van der Waals surface area contributed by atoms with Crippen LogP contribution in [0.5, 0.6) is 17.2 Å². The monoisotopic (exact) mass is 359 g/mol. The van der Waals surface area contributed by atoms with Crippen LogP contribution >= 0.6 is 0 Å². The summed E-state index contributed by atoms with van der Waals surface area (Å²) < 4.78 is 20.8. The normalized spacial score (nSPS) is 9.92. The minimum atomic E-state index is -0.670. The van der Waals surface area contributed by atoms with E-state index in [0.717, 1.165) is 5.75 Å². The molecule has 2 rings (SSSR count). The maximum absolute atomic E-state index is 12.1. The van der Waals surface area contributed by atoms with Crippen LogP contribution in [-0.2, 0) is 9.53 Å². The van der Waals surface area contributed by atoms with Crippen LogP contribution in [0.25, 0.3) is 0 Å². The van der Waals surface area contributed by atoms with Gasteiger partial charge in [0.25, 0.3) is 5.91 Å². The first-order chi connectivity index (χ1) is 12.7. The molecule has 0 atom stereocenters. The standard InChI is InChI=1S/C19H21NO6/c1-23-16-10-6-9-15(18(16)24-2)19(22)26-13-17(21)20-11-12-25-14-7-4-3-5-8-14/h3-10H,11-13H2,1-2H3,(H,20,21). The zero-order chi connectivity index (χ0) is 18.8. The number of esters is 1. The highest BCUT2D eigenvalue weighted by Crippen LogP contribution is 2.30. The maximum atomic E-state index is 12.1. The van der Waals surface area contributed by atoms with Crippen LogP contribution in [0.3, 0.4) is 0 Å². The molecule has 0 saturated heterocycles. The minimum absolute atomic E-state index is 0.187. The highest BCUT2D eigenvalue weighted by molar-refractivity contribution is 5.94. The summed E-state index contributed by atoms with van der Waals surface area (Å²) in [5.74, 6) is 0.299. The van der Waals surface area contributed by atoms with Crippen LogP contribution in [0.1, 0.15) is 10.4 Å². The largest absolute Gasteiger partial charge is 0.493 e. The number of amides is 1. The third kappa shape index (κ3) is 5.41. The van der Waals surface area contributed by atoms with Crippen molar-refractivity contribution in [1.29, 1.82) is 0 Å². The smallest absolute Gasteiger partial charge is 0.342 e. The predicted octanol–water partition coefficient (Wildman–Crippen LogP) is 2.06.